The molecule has 6 nitrogen and oxygen atoms in total. The molecule has 2 rings (SSSR count). The quantitative estimate of drug-likeness (QED) is 0.377. The molecule has 0 aromatic rings. The van der Waals surface area contributed by atoms with Crippen LogP contribution in [0.15, 0.2) is 4.99 Å². The Hall–Kier alpha value is -0.0900. The lowest BCUT2D eigenvalue weighted by Crippen LogP contribution is -2.42. The van der Waals surface area contributed by atoms with Crippen molar-refractivity contribution in [3.8, 4) is 0 Å². The highest BCUT2D eigenvalue weighted by molar-refractivity contribution is 14.0. The van der Waals surface area contributed by atoms with Gasteiger partial charge in [-0.3, -0.25) is 9.89 Å². The zero-order valence-corrected chi connectivity index (χ0v) is 15.1. The number of nitrogens with one attached hydrogen (secondary N) is 2. The van der Waals surface area contributed by atoms with Crippen molar-refractivity contribution in [2.45, 2.75) is 25.8 Å². The van der Waals surface area contributed by atoms with Crippen molar-refractivity contribution in [3.05, 3.63) is 0 Å². The van der Waals surface area contributed by atoms with E-state index in [4.69, 9.17) is 0 Å². The Morgan fingerprint density at radius 3 is 2.50 bits per heavy atom. The van der Waals surface area contributed by atoms with Gasteiger partial charge in [-0.1, -0.05) is 0 Å². The maximum Gasteiger partial charge on any atom is 0.191 e. The Labute approximate surface area is 138 Å². The molecule has 0 aromatic heterocycles. The molecule has 1 saturated heterocycles. The number of hydrogen-bond acceptors (Lipinski definition) is 4. The average molecular weight is 416 g/mol. The van der Waals surface area contributed by atoms with Gasteiger partial charge in [-0.2, -0.15) is 0 Å². The maximum absolute atomic E-state index is 11.3. The fraction of sp³-hybridized carbons (Fsp3) is 0.917. The molecule has 1 aliphatic heterocycles. The SMILES string of the molecule is CCNC(=NCCN1CCS(=O)(=O)CC1)NC1CC1.I. The molecule has 0 atom stereocenters. The number of nitrogens with zero attached hydrogens (tertiary/aromatic N) is 2. The predicted molar refractivity (Wildman–Crippen MR) is 92.6 cm³/mol. The van der Waals surface area contributed by atoms with E-state index in [1.165, 1.54) is 12.8 Å². The molecule has 0 unspecified atom stereocenters. The van der Waals surface area contributed by atoms with Gasteiger partial charge in [0.1, 0.15) is 0 Å². The van der Waals surface area contributed by atoms with Crippen molar-refractivity contribution in [1.29, 1.82) is 0 Å². The van der Waals surface area contributed by atoms with Gasteiger partial charge < -0.3 is 10.6 Å². The molecule has 1 aliphatic carbocycles. The number of sulfone groups is 1. The highest BCUT2D eigenvalue weighted by Crippen LogP contribution is 2.18. The first-order valence-corrected chi connectivity index (χ1v) is 8.89. The summed E-state index contributed by atoms with van der Waals surface area (Å²) in [7, 11) is -2.78. The molecule has 8 heteroatoms. The monoisotopic (exact) mass is 416 g/mol. The molecule has 118 valence electrons. The van der Waals surface area contributed by atoms with Crippen LogP contribution in [-0.4, -0.2) is 69.5 Å². The van der Waals surface area contributed by atoms with Gasteiger partial charge in [0.25, 0.3) is 0 Å². The number of hydrogen-bond donors (Lipinski definition) is 2. The minimum absolute atomic E-state index is 0. The standard InChI is InChI=1S/C12H24N4O2S.HI/c1-2-13-12(15-11-3-4-11)14-5-6-16-7-9-19(17,18)10-8-16;/h11H,2-10H2,1H3,(H2,13,14,15);1H. The molecule has 2 fully saturated rings. The molecule has 20 heavy (non-hydrogen) atoms. The van der Waals surface area contributed by atoms with Crippen LogP contribution < -0.4 is 10.6 Å². The second-order valence-corrected chi connectivity index (χ2v) is 7.48. The normalized spacial score (nSPS) is 22.9. The van der Waals surface area contributed by atoms with Crippen LogP contribution in [0.5, 0.6) is 0 Å². The van der Waals surface area contributed by atoms with Gasteiger partial charge in [0.2, 0.25) is 0 Å². The lowest BCUT2D eigenvalue weighted by molar-refractivity contribution is 0.304. The predicted octanol–water partition coefficient (Wildman–Crippen LogP) is 0.0523. The Balaban J connectivity index is 0.00000200. The highest BCUT2D eigenvalue weighted by atomic mass is 127. The van der Waals surface area contributed by atoms with E-state index in [0.717, 1.165) is 19.0 Å². The van der Waals surface area contributed by atoms with E-state index in [1.807, 2.05) is 0 Å². The van der Waals surface area contributed by atoms with E-state index in [9.17, 15) is 8.42 Å². The summed E-state index contributed by atoms with van der Waals surface area (Å²) in [6.45, 7) is 5.74. The molecular weight excluding hydrogens is 391 g/mol. The topological polar surface area (TPSA) is 73.8 Å². The van der Waals surface area contributed by atoms with Crippen LogP contribution in [0.25, 0.3) is 0 Å². The second-order valence-electron chi connectivity index (χ2n) is 5.17. The van der Waals surface area contributed by atoms with Crippen molar-refractivity contribution >= 4 is 39.8 Å². The Morgan fingerprint density at radius 2 is 1.95 bits per heavy atom. The molecule has 1 saturated carbocycles. The van der Waals surface area contributed by atoms with E-state index >= 15 is 0 Å². The minimum Gasteiger partial charge on any atom is -0.357 e. The van der Waals surface area contributed by atoms with Gasteiger partial charge in [0.05, 0.1) is 18.1 Å². The first-order valence-electron chi connectivity index (χ1n) is 7.07. The molecule has 0 aromatic carbocycles. The molecule has 0 amide bonds. The van der Waals surface area contributed by atoms with E-state index in [1.54, 1.807) is 0 Å². The van der Waals surface area contributed by atoms with Crippen LogP contribution in [0, 0.1) is 0 Å². The first kappa shape index (κ1) is 18.0. The van der Waals surface area contributed by atoms with Crippen molar-refractivity contribution in [3.63, 3.8) is 0 Å². The van der Waals surface area contributed by atoms with Gasteiger partial charge in [-0.25, -0.2) is 8.42 Å². The van der Waals surface area contributed by atoms with Gasteiger partial charge in [-0.05, 0) is 19.8 Å². The molecule has 0 radical (unpaired) electrons. The van der Waals surface area contributed by atoms with Crippen molar-refractivity contribution in [2.75, 3.05) is 44.2 Å². The third kappa shape index (κ3) is 6.57. The highest BCUT2D eigenvalue weighted by Gasteiger charge is 2.23. The molecule has 0 bridgehead atoms. The van der Waals surface area contributed by atoms with E-state index in [0.29, 0.717) is 25.7 Å². The number of guanidine groups is 1. The Bertz CT molecular complexity index is 409. The largest absolute Gasteiger partial charge is 0.357 e. The molecular formula is C12H25IN4O2S. The van der Waals surface area contributed by atoms with Crippen molar-refractivity contribution in [1.82, 2.24) is 15.5 Å². The van der Waals surface area contributed by atoms with Gasteiger partial charge in [-0.15, -0.1) is 24.0 Å². The zero-order valence-electron chi connectivity index (χ0n) is 12.0. The molecule has 2 aliphatic rings. The fourth-order valence-electron chi connectivity index (χ4n) is 2.02. The van der Waals surface area contributed by atoms with Crippen LogP contribution >= 0.6 is 24.0 Å². The summed E-state index contributed by atoms with van der Waals surface area (Å²) in [6, 6.07) is 0.595. The second kappa shape index (κ2) is 8.38. The van der Waals surface area contributed by atoms with Crippen LogP contribution in [0.1, 0.15) is 19.8 Å². The Kier molecular flexibility index (Phi) is 7.52. The van der Waals surface area contributed by atoms with Crippen LogP contribution in [0.3, 0.4) is 0 Å². The van der Waals surface area contributed by atoms with E-state index < -0.39 is 9.84 Å². The minimum atomic E-state index is -2.78. The number of halogens is 1. The summed E-state index contributed by atoms with van der Waals surface area (Å²) in [5, 5.41) is 6.60. The van der Waals surface area contributed by atoms with Crippen LogP contribution in [0.4, 0.5) is 0 Å². The summed E-state index contributed by atoms with van der Waals surface area (Å²) in [4.78, 5) is 6.70. The third-order valence-corrected chi connectivity index (χ3v) is 4.99. The average Bonchev–Trinajstić information content (AvgIpc) is 3.15. The number of rotatable bonds is 5. The van der Waals surface area contributed by atoms with Gasteiger partial charge in [0.15, 0.2) is 15.8 Å². The zero-order chi connectivity index (χ0) is 13.7. The van der Waals surface area contributed by atoms with E-state index in [-0.39, 0.29) is 35.5 Å². The summed E-state index contributed by atoms with van der Waals surface area (Å²) >= 11 is 0. The lowest BCUT2D eigenvalue weighted by atomic mass is 10.4. The first-order chi connectivity index (χ1) is 9.09. The number of aliphatic imine (C=N–C) groups is 1. The molecule has 2 N–H and O–H groups in total. The summed E-state index contributed by atoms with van der Waals surface area (Å²) < 4.78 is 22.6. The van der Waals surface area contributed by atoms with Gasteiger partial charge in [0, 0.05) is 32.2 Å². The van der Waals surface area contributed by atoms with E-state index in [2.05, 4.69) is 27.4 Å². The smallest absolute Gasteiger partial charge is 0.191 e. The fourth-order valence-corrected chi connectivity index (χ4v) is 3.29. The van der Waals surface area contributed by atoms with Crippen LogP contribution in [-0.2, 0) is 9.84 Å². The maximum atomic E-state index is 11.3. The van der Waals surface area contributed by atoms with Crippen molar-refractivity contribution < 1.29 is 8.42 Å². The summed E-state index contributed by atoms with van der Waals surface area (Å²) in [6.07, 6.45) is 2.46. The van der Waals surface area contributed by atoms with Crippen LogP contribution in [0.2, 0.25) is 0 Å². The summed E-state index contributed by atoms with van der Waals surface area (Å²) in [5.74, 6) is 1.46. The summed E-state index contributed by atoms with van der Waals surface area (Å²) in [5.41, 5.74) is 0. The van der Waals surface area contributed by atoms with Crippen molar-refractivity contribution in [2.24, 2.45) is 4.99 Å². The lowest BCUT2D eigenvalue weighted by Gasteiger charge is -2.25. The molecule has 0 spiro atoms. The van der Waals surface area contributed by atoms with Gasteiger partial charge >= 0.3 is 0 Å². The molecule has 1 heterocycles. The third-order valence-electron chi connectivity index (χ3n) is 3.39. The Morgan fingerprint density at radius 1 is 1.30 bits per heavy atom.